The third-order valence-electron chi connectivity index (χ3n) is 14.2. The van der Waals surface area contributed by atoms with E-state index in [-0.39, 0.29) is 122 Å². The molecule has 10 atom stereocenters. The zero-order chi connectivity index (χ0) is 73.6. The van der Waals surface area contributed by atoms with E-state index >= 15 is 0 Å². The van der Waals surface area contributed by atoms with Crippen LogP contribution < -0.4 is 26.6 Å². The fourth-order valence-corrected chi connectivity index (χ4v) is 9.77. The van der Waals surface area contributed by atoms with Gasteiger partial charge < -0.3 is 111 Å². The van der Waals surface area contributed by atoms with Crippen molar-refractivity contribution < 1.29 is 133 Å². The minimum Gasteiger partial charge on any atom is -0.480 e. The van der Waals surface area contributed by atoms with Crippen LogP contribution in [0.5, 0.6) is 0 Å². The van der Waals surface area contributed by atoms with Crippen LogP contribution in [0.1, 0.15) is 88.0 Å². The number of nitrogens with zero attached hydrogens (tertiary/aromatic N) is 2. The van der Waals surface area contributed by atoms with Crippen LogP contribution >= 0.6 is 0 Å². The summed E-state index contributed by atoms with van der Waals surface area (Å²) in [6.07, 6.45) is -1.78. The maximum atomic E-state index is 13.6. The number of alkyl carbamates (subject to hydrolysis) is 3. The highest BCUT2D eigenvalue weighted by molar-refractivity contribution is 5.94. The van der Waals surface area contributed by atoms with E-state index in [9.17, 15) is 43.2 Å². The Morgan fingerprint density at radius 3 is 1.69 bits per heavy atom. The summed E-state index contributed by atoms with van der Waals surface area (Å²) in [5, 5.41) is 13.2. The van der Waals surface area contributed by atoms with Crippen molar-refractivity contribution in [1.82, 2.24) is 31.5 Å². The monoisotopic (exact) mass is 1430 g/mol. The Morgan fingerprint density at radius 2 is 1.14 bits per heavy atom. The molecule has 2 saturated heterocycles. The molecule has 0 saturated carbocycles. The van der Waals surface area contributed by atoms with Crippen LogP contribution in [0.15, 0.2) is 41.1 Å². The number of carbonyl (C=O) groups is 9. The first-order chi connectivity index (χ1) is 47.6. The summed E-state index contributed by atoms with van der Waals surface area (Å²) >= 11 is 0. The number of methoxy groups -OCH3 is 2. The Kier molecular flexibility index (Phi) is 37.7. The SMILES string of the molecule is C#CCOCCOCCOCCOCCC(=O)N(CCOCCNC(=O)O[C@@H]([C@@H]1OC(C(=O)OC)=C[C@H](NC(=C)NC(=O)OC(C)(C)C)[C@H]1NC(C)=O)[C@H]1COC(=O)O1)CCOCCOCCCCCO[C@@H]([C@@H]1OC(C(=O)OC)=C[C@H](N=C(C)NC(=O)OC(C)(C)C)[C@H]1C)[C@H]1COC(=O)O1. The molecule has 564 valence electrons. The van der Waals surface area contributed by atoms with Crippen LogP contribution in [-0.2, 0) is 109 Å². The summed E-state index contributed by atoms with van der Waals surface area (Å²) in [6, 6.07) is -3.04. The molecule has 5 N–H and O–H groups in total. The second kappa shape index (κ2) is 44.8. The number of nitrogens with one attached hydrogen (secondary N) is 5. The number of amidine groups is 1. The predicted octanol–water partition coefficient (Wildman–Crippen LogP) is 2.99. The number of aliphatic imine (C=N–C) groups is 1. The first-order valence-electron chi connectivity index (χ1n) is 32.8. The molecule has 0 aromatic heterocycles. The predicted molar refractivity (Wildman–Crippen MR) is 348 cm³/mol. The topological polar surface area (TPSA) is 405 Å². The van der Waals surface area contributed by atoms with Crippen LogP contribution in [-0.4, -0.2) is 277 Å². The van der Waals surface area contributed by atoms with Crippen molar-refractivity contribution in [3.05, 3.63) is 36.1 Å². The highest BCUT2D eigenvalue weighted by atomic mass is 16.8. The number of unbranched alkanes of at least 4 members (excludes halogenated alkanes) is 2. The summed E-state index contributed by atoms with van der Waals surface area (Å²) < 4.78 is 105. The summed E-state index contributed by atoms with van der Waals surface area (Å²) in [5.41, 5.74) is -1.62. The molecule has 0 spiro atoms. The number of amides is 5. The van der Waals surface area contributed by atoms with Gasteiger partial charge in [0.25, 0.3) is 0 Å². The second-order valence-electron chi connectivity index (χ2n) is 24.6. The molecular weight excluding hydrogens is 1330 g/mol. The van der Waals surface area contributed by atoms with Gasteiger partial charge in [0.05, 0.1) is 118 Å². The molecule has 0 aromatic carbocycles. The van der Waals surface area contributed by atoms with E-state index in [1.54, 1.807) is 53.4 Å². The lowest BCUT2D eigenvalue weighted by atomic mass is 9.87. The Hall–Kier alpha value is -8.24. The van der Waals surface area contributed by atoms with Crippen LogP contribution in [0, 0.1) is 18.3 Å². The summed E-state index contributed by atoms with van der Waals surface area (Å²) in [7, 11) is 2.30. The Morgan fingerprint density at radius 1 is 0.630 bits per heavy atom. The summed E-state index contributed by atoms with van der Waals surface area (Å²) in [5.74, 6) is -1.10. The average molecular weight is 1430 g/mol. The highest BCUT2D eigenvalue weighted by Gasteiger charge is 2.51. The van der Waals surface area contributed by atoms with Gasteiger partial charge in [-0.15, -0.1) is 6.42 Å². The molecule has 0 bridgehead atoms. The van der Waals surface area contributed by atoms with Gasteiger partial charge in [0.1, 0.15) is 54.9 Å². The van der Waals surface area contributed by atoms with Gasteiger partial charge in [0.2, 0.25) is 23.3 Å². The quantitative estimate of drug-likeness (QED) is 0.0146. The molecule has 0 unspecified atom stereocenters. The number of cyclic esters (lactones) is 4. The third-order valence-corrected chi connectivity index (χ3v) is 14.2. The van der Waals surface area contributed by atoms with Gasteiger partial charge >= 0.3 is 42.5 Å². The second-order valence-corrected chi connectivity index (χ2v) is 24.6. The number of ether oxygens (including phenoxy) is 19. The molecule has 2 fully saturated rings. The standard InChI is InChI=1S/C65H101N7O28/c1-14-22-84-29-33-89-35-36-90-34-31-86-25-18-51(74)72(20-27-87-26-19-66-59(77)98-55(50-40-93-63(81)97-50)56-52(71-44(5)73)46(38-48(95-56)58(76)83-13)68-43(4)70-61(79)100-65(9,10)11)21-28-88-32-30-85-23-16-15-17-24-91-54(49-39-92-62(80)96-49)53-41(2)45(37-47(94-53)57(75)82-12)67-42(3)69-60(78)99-64(6,7)8/h1,37-38,41,45-46,49-50,52-56,68H,4,15-36,39-40H2,2-3,5-13H3,(H,66,77)(H,70,79)(H,71,73)(H,67,69,78)/t41-,45+,46+,49-,50-,52-,53-,54-,55-,56-/m1/s1. The zero-order valence-electron chi connectivity index (χ0n) is 59.0. The van der Waals surface area contributed by atoms with Gasteiger partial charge in [0.15, 0.2) is 24.4 Å². The Bertz CT molecular complexity index is 2780. The number of esters is 2. The zero-order valence-corrected chi connectivity index (χ0v) is 59.0. The largest absolute Gasteiger partial charge is 0.508 e. The van der Waals surface area contributed by atoms with Gasteiger partial charge in [-0.25, -0.2) is 33.6 Å². The fourth-order valence-electron chi connectivity index (χ4n) is 9.77. The highest BCUT2D eigenvalue weighted by Crippen LogP contribution is 2.34. The Labute approximate surface area is 582 Å². The molecule has 35 nitrogen and oxygen atoms in total. The molecule has 4 aliphatic rings. The molecule has 4 rings (SSSR count). The van der Waals surface area contributed by atoms with E-state index in [1.807, 2.05) is 6.92 Å². The maximum Gasteiger partial charge on any atom is 0.508 e. The molecule has 4 aliphatic heterocycles. The molecule has 5 amide bonds. The van der Waals surface area contributed by atoms with Crippen molar-refractivity contribution in [2.45, 2.75) is 154 Å². The molecular formula is C65H101N7O28. The number of hydrogen-bond donors (Lipinski definition) is 5. The molecule has 0 aliphatic carbocycles. The lowest BCUT2D eigenvalue weighted by Gasteiger charge is -2.41. The van der Waals surface area contributed by atoms with Gasteiger partial charge in [-0.2, -0.15) is 0 Å². The molecule has 0 aromatic rings. The smallest absolute Gasteiger partial charge is 0.480 e. The van der Waals surface area contributed by atoms with E-state index < -0.39 is 133 Å². The lowest BCUT2D eigenvalue weighted by Crippen LogP contribution is -2.64. The van der Waals surface area contributed by atoms with Gasteiger partial charge in [-0.05, 0) is 79.9 Å². The van der Waals surface area contributed by atoms with Crippen LogP contribution in [0.2, 0.25) is 0 Å². The van der Waals surface area contributed by atoms with Crippen molar-refractivity contribution in [2.24, 2.45) is 10.9 Å². The Balaban J connectivity index is 1.28. The van der Waals surface area contributed by atoms with Crippen molar-refractivity contribution in [1.29, 1.82) is 0 Å². The number of terminal acetylenes is 1. The van der Waals surface area contributed by atoms with Crippen molar-refractivity contribution in [3.63, 3.8) is 0 Å². The van der Waals surface area contributed by atoms with Crippen molar-refractivity contribution in [2.75, 3.05) is 146 Å². The summed E-state index contributed by atoms with van der Waals surface area (Å²) in [4.78, 5) is 121. The molecule has 0 radical (unpaired) electrons. The number of rotatable bonds is 44. The first kappa shape index (κ1) is 84.2. The van der Waals surface area contributed by atoms with E-state index in [4.69, 9.17) is 96.4 Å². The van der Waals surface area contributed by atoms with E-state index in [2.05, 4.69) is 44.1 Å². The van der Waals surface area contributed by atoms with Crippen molar-refractivity contribution >= 4 is 60.2 Å². The van der Waals surface area contributed by atoms with E-state index in [1.165, 1.54) is 26.2 Å². The summed E-state index contributed by atoms with van der Waals surface area (Å²) in [6.45, 7) is 21.6. The molecule has 100 heavy (non-hydrogen) atoms. The normalized spacial score (nSPS) is 21.0. The number of carbonyl (C=O) groups excluding carboxylic acids is 9. The lowest BCUT2D eigenvalue weighted by molar-refractivity contribution is -0.152. The number of hydrogen-bond acceptors (Lipinski definition) is 30. The van der Waals surface area contributed by atoms with Crippen LogP contribution in [0.25, 0.3) is 0 Å². The minimum atomic E-state index is -1.57. The average Bonchev–Trinajstić information content (AvgIpc) is 1.87. The van der Waals surface area contributed by atoms with Gasteiger partial charge in [-0.1, -0.05) is 19.4 Å². The first-order valence-corrected chi connectivity index (χ1v) is 32.8. The maximum absolute atomic E-state index is 13.6. The van der Waals surface area contributed by atoms with Crippen LogP contribution in [0.3, 0.4) is 0 Å². The third kappa shape index (κ3) is 32.8. The van der Waals surface area contributed by atoms with Crippen LogP contribution in [0.4, 0.5) is 24.0 Å². The van der Waals surface area contributed by atoms with E-state index in [0.717, 1.165) is 7.11 Å². The van der Waals surface area contributed by atoms with Gasteiger partial charge in [-0.3, -0.25) is 25.2 Å². The minimum absolute atomic E-state index is 0.0248. The molecule has 4 heterocycles. The fraction of sp³-hybridized carbons (Fsp3) is 0.723. The molecule has 35 heteroatoms. The van der Waals surface area contributed by atoms with Crippen molar-refractivity contribution in [3.8, 4) is 12.3 Å². The van der Waals surface area contributed by atoms with Gasteiger partial charge in [0, 0.05) is 45.7 Å². The van der Waals surface area contributed by atoms with E-state index in [0.29, 0.717) is 52.3 Å².